The first-order valence-electron chi connectivity index (χ1n) is 6.38. The number of hydrogen-bond acceptors (Lipinski definition) is 3. The van der Waals surface area contributed by atoms with Gasteiger partial charge in [-0.25, -0.2) is 0 Å². The van der Waals surface area contributed by atoms with Gasteiger partial charge in [-0.05, 0) is 20.3 Å². The normalized spacial score (nSPS) is 12.7. The molecule has 18 heavy (non-hydrogen) atoms. The zero-order chi connectivity index (χ0) is 13.1. The van der Waals surface area contributed by atoms with E-state index in [-0.39, 0.29) is 0 Å². The highest BCUT2D eigenvalue weighted by Crippen LogP contribution is 2.13. The molecular formula is C13H21N5. The molecule has 0 fully saturated rings. The van der Waals surface area contributed by atoms with E-state index in [1.807, 2.05) is 41.8 Å². The Hall–Kier alpha value is -1.78. The number of rotatable bonds is 5. The summed E-state index contributed by atoms with van der Waals surface area (Å²) >= 11 is 0. The van der Waals surface area contributed by atoms with Crippen molar-refractivity contribution in [3.63, 3.8) is 0 Å². The summed E-state index contributed by atoms with van der Waals surface area (Å²) in [6, 6.07) is 2.46. The smallest absolute Gasteiger partial charge is 0.148 e. The van der Waals surface area contributed by atoms with E-state index in [4.69, 9.17) is 0 Å². The molecule has 0 saturated carbocycles. The molecule has 0 aliphatic heterocycles. The van der Waals surface area contributed by atoms with Gasteiger partial charge in [0.25, 0.3) is 0 Å². The van der Waals surface area contributed by atoms with Crippen LogP contribution in [0.1, 0.15) is 37.6 Å². The highest BCUT2D eigenvalue weighted by Gasteiger charge is 2.06. The summed E-state index contributed by atoms with van der Waals surface area (Å²) in [5.41, 5.74) is 2.27. The fourth-order valence-corrected chi connectivity index (χ4v) is 1.87. The first-order valence-corrected chi connectivity index (χ1v) is 6.38. The second kappa shape index (κ2) is 5.25. The fraction of sp³-hybridized carbons (Fsp3) is 0.538. The zero-order valence-electron chi connectivity index (χ0n) is 11.5. The Morgan fingerprint density at radius 3 is 2.78 bits per heavy atom. The Balaban J connectivity index is 1.98. The van der Waals surface area contributed by atoms with Crippen LogP contribution in [-0.2, 0) is 13.6 Å². The summed E-state index contributed by atoms with van der Waals surface area (Å²) in [5, 5.41) is 12.2. The molecule has 98 valence electrons. The van der Waals surface area contributed by atoms with Gasteiger partial charge in [-0.1, -0.05) is 6.92 Å². The van der Waals surface area contributed by atoms with E-state index in [1.54, 1.807) is 0 Å². The zero-order valence-corrected chi connectivity index (χ0v) is 11.5. The second-order valence-corrected chi connectivity index (χ2v) is 4.71. The first-order chi connectivity index (χ1) is 8.60. The molecule has 0 aliphatic rings. The number of hydrogen-bond donors (Lipinski definition) is 1. The maximum absolute atomic E-state index is 4.51. The van der Waals surface area contributed by atoms with E-state index in [9.17, 15) is 0 Å². The van der Waals surface area contributed by atoms with E-state index in [0.29, 0.717) is 6.04 Å². The van der Waals surface area contributed by atoms with Gasteiger partial charge in [-0.15, -0.1) is 0 Å². The Morgan fingerprint density at radius 1 is 1.39 bits per heavy atom. The maximum Gasteiger partial charge on any atom is 0.148 e. The molecule has 0 bridgehead atoms. The van der Waals surface area contributed by atoms with Crippen LogP contribution in [-0.4, -0.2) is 19.6 Å². The van der Waals surface area contributed by atoms with Crippen molar-refractivity contribution in [3.8, 4) is 0 Å². The summed E-state index contributed by atoms with van der Waals surface area (Å²) < 4.78 is 3.84. The average Bonchev–Trinajstić information content (AvgIpc) is 2.92. The molecule has 5 nitrogen and oxygen atoms in total. The van der Waals surface area contributed by atoms with Crippen molar-refractivity contribution in [1.29, 1.82) is 0 Å². The van der Waals surface area contributed by atoms with Gasteiger partial charge >= 0.3 is 0 Å². The third kappa shape index (κ3) is 2.72. The van der Waals surface area contributed by atoms with Crippen molar-refractivity contribution in [3.05, 3.63) is 29.7 Å². The lowest BCUT2D eigenvalue weighted by molar-refractivity contribution is 0.479. The molecule has 2 rings (SSSR count). The maximum atomic E-state index is 4.51. The molecule has 2 aromatic rings. The molecule has 5 heteroatoms. The highest BCUT2D eigenvalue weighted by atomic mass is 15.3. The molecule has 0 aliphatic carbocycles. The van der Waals surface area contributed by atoms with Gasteiger partial charge in [0.05, 0.1) is 5.69 Å². The minimum Gasteiger partial charge on any atom is -0.364 e. The lowest BCUT2D eigenvalue weighted by Gasteiger charge is -2.08. The fourth-order valence-electron chi connectivity index (χ4n) is 1.87. The number of nitrogens with zero attached hydrogens (tertiary/aromatic N) is 4. The lowest BCUT2D eigenvalue weighted by Crippen LogP contribution is -2.06. The van der Waals surface area contributed by atoms with Crippen molar-refractivity contribution < 1.29 is 0 Å². The van der Waals surface area contributed by atoms with Gasteiger partial charge in [0, 0.05) is 43.7 Å². The van der Waals surface area contributed by atoms with Crippen molar-refractivity contribution in [2.24, 2.45) is 7.05 Å². The van der Waals surface area contributed by atoms with Crippen LogP contribution in [0.5, 0.6) is 0 Å². The summed E-state index contributed by atoms with van der Waals surface area (Å²) in [7, 11) is 1.94. The largest absolute Gasteiger partial charge is 0.364 e. The van der Waals surface area contributed by atoms with Crippen molar-refractivity contribution in [1.82, 2.24) is 19.6 Å². The third-order valence-electron chi connectivity index (χ3n) is 3.23. The van der Waals surface area contributed by atoms with Crippen LogP contribution in [0.3, 0.4) is 0 Å². The minimum absolute atomic E-state index is 0.445. The number of nitrogens with one attached hydrogen (secondary N) is 1. The van der Waals surface area contributed by atoms with Crippen LogP contribution in [0.25, 0.3) is 0 Å². The summed E-state index contributed by atoms with van der Waals surface area (Å²) in [6.45, 7) is 7.12. The van der Waals surface area contributed by atoms with E-state index in [0.717, 1.165) is 24.5 Å². The Labute approximate surface area is 108 Å². The van der Waals surface area contributed by atoms with Crippen LogP contribution in [0.2, 0.25) is 0 Å². The van der Waals surface area contributed by atoms with Crippen LogP contribution in [0.15, 0.2) is 18.5 Å². The molecule has 0 unspecified atom stereocenters. The number of aromatic nitrogens is 4. The Kier molecular flexibility index (Phi) is 3.69. The van der Waals surface area contributed by atoms with E-state index in [1.165, 1.54) is 5.56 Å². The molecule has 1 N–H and O–H groups in total. The SMILES string of the molecule is CC[C@H](C)n1ccc(NCc2cn(C)nc2C)n1. The summed E-state index contributed by atoms with van der Waals surface area (Å²) in [5.74, 6) is 0.915. The van der Waals surface area contributed by atoms with Crippen LogP contribution < -0.4 is 5.32 Å². The predicted molar refractivity (Wildman–Crippen MR) is 72.5 cm³/mol. The van der Waals surface area contributed by atoms with Gasteiger partial charge in [0.2, 0.25) is 0 Å². The van der Waals surface area contributed by atoms with Crippen molar-refractivity contribution >= 4 is 5.82 Å². The van der Waals surface area contributed by atoms with Crippen LogP contribution in [0.4, 0.5) is 5.82 Å². The monoisotopic (exact) mass is 247 g/mol. The van der Waals surface area contributed by atoms with Crippen molar-refractivity contribution in [2.45, 2.75) is 39.8 Å². The quantitative estimate of drug-likeness (QED) is 0.883. The van der Waals surface area contributed by atoms with E-state index < -0.39 is 0 Å². The lowest BCUT2D eigenvalue weighted by atomic mass is 10.2. The minimum atomic E-state index is 0.445. The number of anilines is 1. The molecule has 0 radical (unpaired) electrons. The number of aryl methyl sites for hydroxylation is 2. The van der Waals surface area contributed by atoms with E-state index in [2.05, 4.69) is 29.4 Å². The second-order valence-electron chi connectivity index (χ2n) is 4.71. The van der Waals surface area contributed by atoms with Gasteiger partial charge in [0.15, 0.2) is 0 Å². The van der Waals surface area contributed by atoms with Gasteiger partial charge < -0.3 is 5.32 Å². The summed E-state index contributed by atoms with van der Waals surface area (Å²) in [6.07, 6.45) is 5.14. The van der Waals surface area contributed by atoms with Crippen LogP contribution >= 0.6 is 0 Å². The molecule has 2 aromatic heterocycles. The molecule has 2 heterocycles. The molecule has 0 amide bonds. The van der Waals surface area contributed by atoms with E-state index >= 15 is 0 Å². The Morgan fingerprint density at radius 2 is 2.17 bits per heavy atom. The highest BCUT2D eigenvalue weighted by molar-refractivity contribution is 5.34. The topological polar surface area (TPSA) is 47.7 Å². The molecule has 0 saturated heterocycles. The van der Waals surface area contributed by atoms with Gasteiger partial charge in [-0.3, -0.25) is 9.36 Å². The molecular weight excluding hydrogens is 226 g/mol. The van der Waals surface area contributed by atoms with Crippen LogP contribution in [0, 0.1) is 6.92 Å². The predicted octanol–water partition coefficient (Wildman–Crippen LogP) is 2.51. The van der Waals surface area contributed by atoms with Crippen molar-refractivity contribution in [2.75, 3.05) is 5.32 Å². The average molecular weight is 247 g/mol. The first kappa shape index (κ1) is 12.7. The van der Waals surface area contributed by atoms with Gasteiger partial charge in [-0.2, -0.15) is 10.2 Å². The summed E-state index contributed by atoms with van der Waals surface area (Å²) in [4.78, 5) is 0. The molecule has 0 aromatic carbocycles. The molecule has 1 atom stereocenters. The molecule has 0 spiro atoms. The third-order valence-corrected chi connectivity index (χ3v) is 3.23. The van der Waals surface area contributed by atoms with Gasteiger partial charge in [0.1, 0.15) is 5.82 Å². The standard InChI is InChI=1S/C13H21N5/c1-5-10(2)18-7-6-13(16-18)14-8-12-9-17(4)15-11(12)3/h6-7,9-10H,5,8H2,1-4H3,(H,14,16)/t10-/m0/s1. The Bertz CT molecular complexity index is 511.